The summed E-state index contributed by atoms with van der Waals surface area (Å²) in [6.07, 6.45) is 0. The molecule has 0 aliphatic carbocycles. The Morgan fingerprint density at radius 3 is 2.20 bits per heavy atom. The fourth-order valence-corrected chi connectivity index (χ4v) is 1.10. The standard InChI is InChI=1S/C5H6N2O2.C5H5N2O2.FH.Y.H2/c2*1-3-2-4(8)7-5(9)6-3;;;/h2H,1H3,(H2,6,7,8,9);1H3,(H2,6,7,8,9);1H;;1H/q;-1;;;/i;;;;1+1. The predicted octanol–water partition coefficient (Wildman–Crippen LogP) is -0.648. The van der Waals surface area contributed by atoms with Gasteiger partial charge in [0.1, 0.15) is 0 Å². The van der Waals surface area contributed by atoms with E-state index in [-0.39, 0.29) is 50.3 Å². The van der Waals surface area contributed by atoms with Crippen molar-refractivity contribution in [3.05, 3.63) is 54.8 Å². The molecule has 1 radical (unpaired) electrons. The molecule has 4 N–H and O–H groups in total. The zero-order valence-electron chi connectivity index (χ0n) is 10.7. The first kappa shape index (κ1) is 20.7. The van der Waals surface area contributed by atoms with Crippen LogP contribution in [0.5, 0.6) is 5.88 Å². The number of H-pyrrole nitrogens is 3. The van der Waals surface area contributed by atoms with Crippen LogP contribution in [-0.4, -0.2) is 25.0 Å². The normalized spacial score (nSPS) is 8.50. The van der Waals surface area contributed by atoms with Gasteiger partial charge in [-0.1, -0.05) is 6.92 Å². The van der Waals surface area contributed by atoms with Crippen LogP contribution < -0.4 is 16.9 Å². The van der Waals surface area contributed by atoms with Gasteiger partial charge in [0.25, 0.3) is 5.56 Å². The SMILES string of the molecule is Cc1[c-]c(O)[nH]c(=O)n1.Cc1cc(=O)[nH]c(=O)[nH]1.F.[2HH].[Y]. The second kappa shape index (κ2) is 9.32. The Morgan fingerprint density at radius 1 is 1.20 bits per heavy atom. The molecular weight excluding hydrogens is 348 g/mol. The van der Waals surface area contributed by atoms with E-state index in [1.54, 1.807) is 13.8 Å². The largest absolute Gasteiger partial charge is 0.528 e. The summed E-state index contributed by atoms with van der Waals surface area (Å²) in [4.78, 5) is 41.1. The minimum Gasteiger partial charge on any atom is -0.528 e. The second-order valence-corrected chi connectivity index (χ2v) is 3.37. The average molecular weight is 363 g/mol. The number of hydrogen-bond donors (Lipinski definition) is 4. The minimum atomic E-state index is -0.552. The summed E-state index contributed by atoms with van der Waals surface area (Å²) >= 11 is 0. The Labute approximate surface area is 138 Å². The van der Waals surface area contributed by atoms with Gasteiger partial charge in [0, 0.05) is 51.8 Å². The maximum absolute atomic E-state index is 10.4. The maximum Gasteiger partial charge on any atom is 0.342 e. The summed E-state index contributed by atoms with van der Waals surface area (Å²) in [5.41, 5.74) is -0.417. The van der Waals surface area contributed by atoms with Crippen molar-refractivity contribution in [2.24, 2.45) is 0 Å². The first-order valence-electron chi connectivity index (χ1n) is 4.86. The van der Waals surface area contributed by atoms with Crippen LogP contribution in [0.4, 0.5) is 4.70 Å². The quantitative estimate of drug-likeness (QED) is 0.462. The third-order valence-electron chi connectivity index (χ3n) is 1.69. The Balaban J connectivity index is -0.000000270. The van der Waals surface area contributed by atoms with Crippen molar-refractivity contribution >= 4 is 0 Å². The van der Waals surface area contributed by atoms with Crippen molar-refractivity contribution in [1.29, 1.82) is 0 Å². The molecule has 8 nitrogen and oxygen atoms in total. The van der Waals surface area contributed by atoms with Gasteiger partial charge in [-0.2, -0.15) is 0 Å². The van der Waals surface area contributed by atoms with Gasteiger partial charge in [0.15, 0.2) is 0 Å². The Kier molecular flexibility index (Phi) is 9.65. The van der Waals surface area contributed by atoms with Crippen LogP contribution >= 0.6 is 0 Å². The summed E-state index contributed by atoms with van der Waals surface area (Å²) in [6, 6.07) is 3.72. The molecule has 2 rings (SSSR count). The minimum absolute atomic E-state index is 0. The van der Waals surface area contributed by atoms with Gasteiger partial charge < -0.3 is 21.1 Å². The van der Waals surface area contributed by atoms with Crippen molar-refractivity contribution in [3.8, 4) is 5.88 Å². The van der Waals surface area contributed by atoms with Crippen LogP contribution in [0, 0.1) is 19.9 Å². The molecule has 0 saturated heterocycles. The van der Waals surface area contributed by atoms with Crippen molar-refractivity contribution in [3.63, 3.8) is 0 Å². The van der Waals surface area contributed by atoms with E-state index in [0.29, 0.717) is 11.4 Å². The summed E-state index contributed by atoms with van der Waals surface area (Å²) in [5.74, 6) is -0.271. The van der Waals surface area contributed by atoms with Gasteiger partial charge in [-0.25, -0.2) is 14.6 Å². The molecule has 0 fully saturated rings. The van der Waals surface area contributed by atoms with E-state index < -0.39 is 11.4 Å². The van der Waals surface area contributed by atoms with Gasteiger partial charge in [-0.05, 0) is 6.92 Å². The molecule has 0 aromatic carbocycles. The Hall–Kier alpha value is -1.61. The zero-order chi connectivity index (χ0) is 13.7. The number of aromatic hydroxyl groups is 1. The summed E-state index contributed by atoms with van der Waals surface area (Å²) < 4.78 is 0. The number of rotatable bonds is 0. The summed E-state index contributed by atoms with van der Waals surface area (Å²) in [6.45, 7) is 3.23. The predicted molar refractivity (Wildman–Crippen MR) is 67.1 cm³/mol. The third-order valence-corrected chi connectivity index (χ3v) is 1.69. The van der Waals surface area contributed by atoms with Crippen LogP contribution in [0.25, 0.3) is 0 Å². The van der Waals surface area contributed by atoms with Gasteiger partial charge in [0.2, 0.25) is 0 Å². The molecule has 0 atom stereocenters. The topological polar surface area (TPSA) is 132 Å². The molecule has 2 aromatic heterocycles. The molecule has 109 valence electrons. The summed E-state index contributed by atoms with van der Waals surface area (Å²) in [7, 11) is 0. The number of halogens is 1. The zero-order valence-corrected chi connectivity index (χ0v) is 13.5. The van der Waals surface area contributed by atoms with Gasteiger partial charge in [0.05, 0.1) is 0 Å². The molecule has 0 amide bonds. The average Bonchev–Trinajstić information content (AvgIpc) is 2.12. The van der Waals surface area contributed by atoms with Crippen LogP contribution in [0.3, 0.4) is 0 Å². The second-order valence-electron chi connectivity index (χ2n) is 3.37. The van der Waals surface area contributed by atoms with E-state index in [4.69, 9.17) is 5.11 Å². The number of aryl methyl sites for hydroxylation is 2. The monoisotopic (exact) mass is 363 g/mol. The molecule has 0 saturated carbocycles. The molecule has 20 heavy (non-hydrogen) atoms. The van der Waals surface area contributed by atoms with E-state index in [1.807, 2.05) is 9.97 Å². The third kappa shape index (κ3) is 7.75. The first-order chi connectivity index (χ1) is 8.36. The number of aromatic amines is 3. The Morgan fingerprint density at radius 2 is 1.80 bits per heavy atom. The van der Waals surface area contributed by atoms with E-state index in [2.05, 4.69) is 16.0 Å². The van der Waals surface area contributed by atoms with Crippen molar-refractivity contribution < 1.29 is 43.9 Å². The van der Waals surface area contributed by atoms with Gasteiger partial charge in [-0.3, -0.25) is 14.5 Å². The molecule has 0 bridgehead atoms. The Bertz CT molecular complexity index is 663. The number of hydrogen-bond acceptors (Lipinski definition) is 5. The molecule has 0 spiro atoms. The number of nitrogens with zero attached hydrogens (tertiary/aromatic N) is 1. The van der Waals surface area contributed by atoms with Crippen LogP contribution in [0.1, 0.15) is 12.8 Å². The van der Waals surface area contributed by atoms with E-state index in [1.165, 1.54) is 6.07 Å². The van der Waals surface area contributed by atoms with E-state index in [0.717, 1.165) is 0 Å². The summed E-state index contributed by atoms with van der Waals surface area (Å²) in [5, 5.41) is 8.64. The van der Waals surface area contributed by atoms with E-state index in [9.17, 15) is 14.4 Å². The molecule has 2 heterocycles. The maximum atomic E-state index is 10.4. The van der Waals surface area contributed by atoms with Crippen LogP contribution in [-0.2, 0) is 32.7 Å². The molecule has 10 heteroatoms. The number of nitrogens with one attached hydrogen (secondary N) is 3. The molecule has 0 aliphatic rings. The van der Waals surface area contributed by atoms with Crippen LogP contribution in [0.2, 0.25) is 0 Å². The fourth-order valence-electron chi connectivity index (χ4n) is 1.10. The molecule has 0 aliphatic heterocycles. The number of aromatic nitrogens is 4. The molecule has 0 unspecified atom stereocenters. The van der Waals surface area contributed by atoms with Crippen molar-refractivity contribution in [2.75, 3.05) is 0 Å². The van der Waals surface area contributed by atoms with Gasteiger partial charge in [-0.15, -0.1) is 5.69 Å². The molecule has 2 aromatic rings. The smallest absolute Gasteiger partial charge is 0.342 e. The van der Waals surface area contributed by atoms with Crippen LogP contribution in [0.15, 0.2) is 20.4 Å². The van der Waals surface area contributed by atoms with Crippen molar-refractivity contribution in [1.82, 2.24) is 19.9 Å². The first-order valence-corrected chi connectivity index (χ1v) is 4.86. The molecular formula is C10H14FN4O4Y-. The van der Waals surface area contributed by atoms with Crippen molar-refractivity contribution in [2.45, 2.75) is 13.8 Å². The fraction of sp³-hybridized carbons (Fsp3) is 0.200. The van der Waals surface area contributed by atoms with Gasteiger partial charge >= 0.3 is 11.4 Å². The van der Waals surface area contributed by atoms with E-state index >= 15 is 0 Å².